The third kappa shape index (κ3) is 19.2. The Morgan fingerprint density at radius 3 is 1.81 bits per heavy atom. The molecular formula is C72H98F8N12O12. The molecule has 7 rings (SSSR count). The van der Waals surface area contributed by atoms with Crippen LogP contribution in [0.2, 0.25) is 0 Å². The van der Waals surface area contributed by atoms with Gasteiger partial charge >= 0.3 is 12.4 Å². The number of piperidine rings is 1. The smallest absolute Gasteiger partial charge is 0.347 e. The highest BCUT2D eigenvalue weighted by Gasteiger charge is 2.53. The Morgan fingerprint density at radius 2 is 1.24 bits per heavy atom. The molecular weight excluding hydrogens is 1380 g/mol. The van der Waals surface area contributed by atoms with Gasteiger partial charge in [-0.1, -0.05) is 64.3 Å². The van der Waals surface area contributed by atoms with E-state index in [1.165, 1.54) is 59.1 Å². The first-order valence-corrected chi connectivity index (χ1v) is 35.4. The van der Waals surface area contributed by atoms with Gasteiger partial charge in [0.1, 0.15) is 71.1 Å². The van der Waals surface area contributed by atoms with Crippen LogP contribution in [0.4, 0.5) is 35.1 Å². The number of rotatable bonds is 10. The van der Waals surface area contributed by atoms with Crippen LogP contribution in [0.15, 0.2) is 48.6 Å². The fraction of sp³-hybridized carbons (Fsp3) is 0.639. The van der Waals surface area contributed by atoms with Crippen molar-refractivity contribution in [1.29, 1.82) is 0 Å². The molecule has 2 saturated heterocycles. The van der Waals surface area contributed by atoms with E-state index in [1.54, 1.807) is 32.9 Å². The van der Waals surface area contributed by atoms with Crippen LogP contribution >= 0.6 is 0 Å². The maximum absolute atomic E-state index is 15.4. The van der Waals surface area contributed by atoms with Gasteiger partial charge in [0.2, 0.25) is 70.9 Å². The number of hydrogen-bond donors (Lipinski definition) is 3. The molecule has 4 fully saturated rings. The third-order valence-electron chi connectivity index (χ3n) is 21.2. The Kier molecular flexibility index (Phi) is 27.7. The molecule has 2 aromatic carbocycles. The summed E-state index contributed by atoms with van der Waals surface area (Å²) in [6.07, 6.45) is -5.46. The van der Waals surface area contributed by atoms with E-state index in [-0.39, 0.29) is 69.2 Å². The topological polar surface area (TPSA) is 270 Å². The van der Waals surface area contributed by atoms with Gasteiger partial charge in [-0.15, -0.1) is 0 Å². The monoisotopic (exact) mass is 1470 g/mol. The van der Waals surface area contributed by atoms with Crippen molar-refractivity contribution in [3.8, 4) is 0 Å². The zero-order chi connectivity index (χ0) is 77.2. The largest absolute Gasteiger partial charge is 0.422 e. The second-order valence-corrected chi connectivity index (χ2v) is 28.5. The van der Waals surface area contributed by atoms with Crippen LogP contribution < -0.4 is 16.0 Å². The molecule has 9 atom stereocenters. The summed E-state index contributed by atoms with van der Waals surface area (Å²) >= 11 is 0. The molecule has 2 aliphatic carbocycles. The van der Waals surface area contributed by atoms with Gasteiger partial charge in [0.25, 0.3) is 0 Å². The Morgan fingerprint density at radius 1 is 0.625 bits per heavy atom. The predicted molar refractivity (Wildman–Crippen MR) is 363 cm³/mol. The van der Waals surface area contributed by atoms with Crippen molar-refractivity contribution in [1.82, 2.24) is 60.0 Å². The molecule has 32 heteroatoms. The lowest BCUT2D eigenvalue weighted by atomic mass is 9.74. The zero-order valence-electron chi connectivity index (χ0n) is 60.9. The molecule has 2 saturated carbocycles. The maximum atomic E-state index is 15.4. The summed E-state index contributed by atoms with van der Waals surface area (Å²) in [6.45, 7) is 3.07. The number of nitrogens with one attached hydrogen (secondary N) is 3. The minimum atomic E-state index is -5.44. The molecule has 5 aliphatic rings. The summed E-state index contributed by atoms with van der Waals surface area (Å²) in [5.41, 5.74) is -5.14. The number of benzene rings is 2. The van der Waals surface area contributed by atoms with Crippen molar-refractivity contribution < 1.29 is 92.7 Å². The quantitative estimate of drug-likeness (QED) is 0.197. The first-order chi connectivity index (χ1) is 48.8. The number of amides is 12. The minimum absolute atomic E-state index is 0.00922. The molecule has 0 radical (unpaired) electrons. The van der Waals surface area contributed by atoms with Gasteiger partial charge in [-0.2, -0.15) is 26.3 Å². The number of hydrogen-bond acceptors (Lipinski definition) is 12. The van der Waals surface area contributed by atoms with Gasteiger partial charge in [0, 0.05) is 75.9 Å². The van der Waals surface area contributed by atoms with E-state index >= 15 is 37.5 Å². The number of likely N-dealkylation sites (N-methyl/N-ethyl adjacent to an activating group) is 7. The van der Waals surface area contributed by atoms with E-state index in [0.29, 0.717) is 57.1 Å². The summed E-state index contributed by atoms with van der Waals surface area (Å²) in [5.74, 6) is -14.8. The Bertz CT molecular complexity index is 3530. The average Bonchev–Trinajstić information content (AvgIpc) is 0.943. The fourth-order valence-corrected chi connectivity index (χ4v) is 14.6. The van der Waals surface area contributed by atoms with Crippen LogP contribution in [0.5, 0.6) is 0 Å². The number of carbonyl (C=O) groups excluding carboxylic acids is 12. The van der Waals surface area contributed by atoms with Gasteiger partial charge in [-0.05, 0) is 131 Å². The molecule has 1 spiro atoms. The van der Waals surface area contributed by atoms with E-state index in [4.69, 9.17) is 0 Å². The van der Waals surface area contributed by atoms with Crippen LogP contribution in [-0.4, -0.2) is 251 Å². The van der Waals surface area contributed by atoms with Crippen LogP contribution in [0.1, 0.15) is 146 Å². The number of halogens is 8. The van der Waals surface area contributed by atoms with Crippen molar-refractivity contribution in [2.45, 2.75) is 203 Å². The van der Waals surface area contributed by atoms with E-state index in [0.717, 1.165) is 65.6 Å². The van der Waals surface area contributed by atoms with E-state index in [1.807, 2.05) is 0 Å². The third-order valence-corrected chi connectivity index (χ3v) is 21.2. The molecule has 24 nitrogen and oxygen atoms in total. The molecule has 3 aliphatic heterocycles. The summed E-state index contributed by atoms with van der Waals surface area (Å²) < 4.78 is 113. The van der Waals surface area contributed by atoms with Crippen molar-refractivity contribution >= 4 is 70.9 Å². The summed E-state index contributed by atoms with van der Waals surface area (Å²) in [4.78, 5) is 189. The van der Waals surface area contributed by atoms with Crippen LogP contribution in [0, 0.1) is 23.5 Å². The van der Waals surface area contributed by atoms with Gasteiger partial charge in [-0.25, -0.2) is 8.78 Å². The molecule has 0 aromatic heterocycles. The van der Waals surface area contributed by atoms with Gasteiger partial charge in [-0.3, -0.25) is 57.5 Å². The standard InChI is InChI=1S/C72H98F8N12O12/c1-12-42(3)59-67(102)86(7)41-57(95)88(9)52-25-15-14-19-34-92(66(52)101)54(38-43-26-29-46(30-27-43)71(75,76)77)65(100)85(6)40-55(93)81-49(31-28-44-36-47(73)58(48(74)37-44)72(78,79)80)63(98)91-35-20-18-24-51(91)62(97)83-70(32-21-33-70)69(104)90(11)60(45-22-16-17-23-45)68(103)89(10)53(64(99)84(4)5)39-56(94)87(8)50(13-2)61(96)82-59/h14-15,26-27,29-30,36-37,42,45,49-54,59-60H,12-13,16-25,28,31-35,38-41H2,1-11H3,(H,81,93)(H,82,96)(H,83,97)/b15-14-/t42-,49+,50-,51-,52-,53-,54-,59-,60-/m0/s1. The lowest BCUT2D eigenvalue weighted by Crippen LogP contribution is -2.69. The average molecular weight is 1480 g/mol. The normalized spacial score (nSPS) is 26.0. The first-order valence-electron chi connectivity index (χ1n) is 35.4. The SMILES string of the molecule is CC[C@H](C)[C@@H]1NC(=O)[C@H](CC)N(C)C(=O)C[C@@H](C(=O)N(C)C)N(C)C(=O)[C@H](C2CCCC2)N(C)C(=O)C2(CCC2)NC(=O)[C@@H]2CCCCN2C(=O)[C@@H](CCc2cc(F)c(C(F)(F)F)c(F)c2)NC(=O)CN(C)C(=O)[C@H](Cc2ccc(C(F)(F)F)cc2)N2CC/C=C\C[C@@H](C2=O)N(C)C(=O)CN(C)C1=O. The second-order valence-electron chi connectivity index (χ2n) is 28.5. The molecule has 3 N–H and O–H groups in total. The molecule has 2 bridgehead atoms. The lowest BCUT2D eigenvalue weighted by molar-refractivity contribution is -0.158. The van der Waals surface area contributed by atoms with E-state index < -0.39 is 210 Å². The lowest BCUT2D eigenvalue weighted by Gasteiger charge is -2.47. The first kappa shape index (κ1) is 82.5. The van der Waals surface area contributed by atoms with Crippen molar-refractivity contribution in [3.63, 3.8) is 0 Å². The van der Waals surface area contributed by atoms with Crippen LogP contribution in [-0.2, 0) is 82.7 Å². The van der Waals surface area contributed by atoms with Gasteiger partial charge < -0.3 is 60.0 Å². The Hall–Kier alpha value is -8.74. The number of nitrogens with zero attached hydrogens (tertiary/aromatic N) is 9. The number of aryl methyl sites for hydroxylation is 1. The summed E-state index contributed by atoms with van der Waals surface area (Å²) in [6, 6.07) is -6.97. The van der Waals surface area contributed by atoms with Crippen LogP contribution in [0.25, 0.3) is 0 Å². The molecule has 3 heterocycles. The maximum Gasteiger partial charge on any atom is 0.422 e. The number of carbonyl (C=O) groups is 12. The highest BCUT2D eigenvalue weighted by molar-refractivity contribution is 6.01. The highest BCUT2D eigenvalue weighted by atomic mass is 19.4. The molecule has 574 valence electrons. The Balaban J connectivity index is 1.32. The summed E-state index contributed by atoms with van der Waals surface area (Å²) in [7, 11) is 10.7. The van der Waals surface area contributed by atoms with E-state index in [9.17, 15) is 55.1 Å². The highest BCUT2D eigenvalue weighted by Crippen LogP contribution is 2.39. The van der Waals surface area contributed by atoms with Gasteiger partial charge in [0.15, 0.2) is 0 Å². The molecule has 12 amide bonds. The molecule has 2 aromatic rings. The van der Waals surface area contributed by atoms with Gasteiger partial charge in [0.05, 0.1) is 25.1 Å². The number of alkyl halides is 6. The van der Waals surface area contributed by atoms with Crippen LogP contribution in [0.3, 0.4) is 0 Å². The molecule has 0 unspecified atom stereocenters. The van der Waals surface area contributed by atoms with Crippen molar-refractivity contribution in [2.75, 3.05) is 82.6 Å². The van der Waals surface area contributed by atoms with E-state index in [2.05, 4.69) is 16.0 Å². The predicted octanol–water partition coefficient (Wildman–Crippen LogP) is 5.48. The zero-order valence-corrected chi connectivity index (χ0v) is 60.9. The Labute approximate surface area is 600 Å². The number of fused-ring (bicyclic) bond motifs is 3. The minimum Gasteiger partial charge on any atom is -0.347 e. The van der Waals surface area contributed by atoms with Crippen molar-refractivity contribution in [2.24, 2.45) is 11.8 Å². The summed E-state index contributed by atoms with van der Waals surface area (Å²) in [5, 5.41) is 8.23. The second kappa shape index (κ2) is 34.9. The fourth-order valence-electron chi connectivity index (χ4n) is 14.6. The van der Waals surface area contributed by atoms with Crippen molar-refractivity contribution in [3.05, 3.63) is 82.4 Å². The molecule has 104 heavy (non-hydrogen) atoms.